The number of aromatic nitrogens is 1. The molecule has 2 amide bonds. The van der Waals surface area contributed by atoms with Crippen LogP contribution in [0.1, 0.15) is 12.8 Å². The molecule has 134 valence electrons. The van der Waals surface area contributed by atoms with Crippen LogP contribution in [0.4, 0.5) is 10.5 Å². The molecule has 2 aromatic rings. The summed E-state index contributed by atoms with van der Waals surface area (Å²) in [6.07, 6.45) is 4.72. The van der Waals surface area contributed by atoms with Crippen molar-refractivity contribution in [2.45, 2.75) is 12.8 Å². The van der Waals surface area contributed by atoms with E-state index < -0.39 is 16.1 Å². The Bertz CT molecular complexity index is 814. The van der Waals surface area contributed by atoms with Crippen molar-refractivity contribution in [3.05, 3.63) is 36.9 Å². The molecule has 0 radical (unpaired) electrons. The third kappa shape index (κ3) is 4.58. The summed E-state index contributed by atoms with van der Waals surface area (Å²) in [6.45, 7) is 1.21. The van der Waals surface area contributed by atoms with E-state index in [-0.39, 0.29) is 12.3 Å². The van der Waals surface area contributed by atoms with E-state index in [2.05, 4.69) is 15.6 Å². The summed E-state index contributed by atoms with van der Waals surface area (Å²) in [7, 11) is -3.29. The zero-order valence-electron chi connectivity index (χ0n) is 13.6. The fourth-order valence-electron chi connectivity index (χ4n) is 2.67. The van der Waals surface area contributed by atoms with Crippen molar-refractivity contribution in [1.82, 2.24) is 14.6 Å². The number of nitrogens with zero attached hydrogens (tertiary/aromatic N) is 2. The summed E-state index contributed by atoms with van der Waals surface area (Å²) in [5, 5.41) is 5.25. The zero-order chi connectivity index (χ0) is 17.7. The molecular weight excluding hydrogens is 344 g/mol. The number of anilines is 1. The van der Waals surface area contributed by atoms with Crippen LogP contribution >= 0.6 is 0 Å². The number of hydrogen-bond acceptors (Lipinski definition) is 5. The van der Waals surface area contributed by atoms with Gasteiger partial charge in [0.25, 0.3) is 0 Å². The third-order valence-corrected chi connectivity index (χ3v) is 5.81. The van der Waals surface area contributed by atoms with Crippen LogP contribution in [0, 0.1) is 0 Å². The molecule has 1 aliphatic rings. The number of hydrogen-bond donors (Lipinski definition) is 2. The minimum atomic E-state index is -3.29. The van der Waals surface area contributed by atoms with E-state index in [1.807, 2.05) is 6.07 Å². The first kappa shape index (κ1) is 17.4. The predicted molar refractivity (Wildman–Crippen MR) is 93.6 cm³/mol. The minimum absolute atomic E-state index is 0.0620. The first-order valence-corrected chi connectivity index (χ1v) is 9.67. The minimum Gasteiger partial charge on any atom is -0.444 e. The van der Waals surface area contributed by atoms with Gasteiger partial charge in [-0.05, 0) is 25.0 Å². The molecule has 2 heterocycles. The lowest BCUT2D eigenvalue weighted by molar-refractivity contribution is 0.252. The van der Waals surface area contributed by atoms with Gasteiger partial charge in [-0.1, -0.05) is 12.1 Å². The average molecular weight is 364 g/mol. The maximum Gasteiger partial charge on any atom is 0.319 e. The Kier molecular flexibility index (Phi) is 5.34. The average Bonchev–Trinajstić information content (AvgIpc) is 3.29. The van der Waals surface area contributed by atoms with Crippen LogP contribution in [0.5, 0.6) is 0 Å². The highest BCUT2D eigenvalue weighted by molar-refractivity contribution is 7.89. The standard InChI is InChI=1S/C16H20N4O4S/c21-16(18-6-9-25(22,23)20-7-1-2-8-20)19-14-5-3-4-13(10-14)15-11-17-12-24-15/h3-5,10-12H,1-2,6-9H2,(H2,18,19,21). The van der Waals surface area contributed by atoms with Crippen LogP contribution in [0.3, 0.4) is 0 Å². The molecule has 0 saturated carbocycles. The van der Waals surface area contributed by atoms with Gasteiger partial charge in [0, 0.05) is 30.9 Å². The lowest BCUT2D eigenvalue weighted by Gasteiger charge is -2.15. The lowest BCUT2D eigenvalue weighted by atomic mass is 10.1. The van der Waals surface area contributed by atoms with E-state index in [1.54, 1.807) is 24.4 Å². The number of rotatable bonds is 6. The maximum absolute atomic E-state index is 12.1. The highest BCUT2D eigenvalue weighted by atomic mass is 32.2. The van der Waals surface area contributed by atoms with Crippen LogP contribution in [0.2, 0.25) is 0 Å². The molecule has 25 heavy (non-hydrogen) atoms. The molecule has 0 bridgehead atoms. The molecule has 9 heteroatoms. The molecule has 2 N–H and O–H groups in total. The molecule has 1 aliphatic heterocycles. The number of amides is 2. The largest absolute Gasteiger partial charge is 0.444 e. The Hall–Kier alpha value is -2.39. The fourth-order valence-corrected chi connectivity index (χ4v) is 4.11. The highest BCUT2D eigenvalue weighted by Gasteiger charge is 2.24. The van der Waals surface area contributed by atoms with Crippen LogP contribution < -0.4 is 10.6 Å². The second-order valence-corrected chi connectivity index (χ2v) is 7.84. The number of carbonyl (C=O) groups excluding carboxylic acids is 1. The van der Waals surface area contributed by atoms with Crippen LogP contribution in [-0.4, -0.2) is 49.1 Å². The second kappa shape index (κ2) is 7.66. The van der Waals surface area contributed by atoms with Crippen LogP contribution in [0.25, 0.3) is 11.3 Å². The molecule has 1 aromatic heterocycles. The Balaban J connectivity index is 1.50. The van der Waals surface area contributed by atoms with Gasteiger partial charge in [0.05, 0.1) is 11.9 Å². The highest BCUT2D eigenvalue weighted by Crippen LogP contribution is 2.21. The van der Waals surface area contributed by atoms with Gasteiger partial charge in [0.2, 0.25) is 10.0 Å². The second-order valence-electron chi connectivity index (χ2n) is 5.75. The zero-order valence-corrected chi connectivity index (χ0v) is 14.5. The number of sulfonamides is 1. The number of oxazole rings is 1. The Morgan fingerprint density at radius 2 is 2.08 bits per heavy atom. The number of nitrogens with one attached hydrogen (secondary N) is 2. The molecule has 8 nitrogen and oxygen atoms in total. The van der Waals surface area contributed by atoms with Gasteiger partial charge in [0.1, 0.15) is 0 Å². The predicted octanol–water partition coefficient (Wildman–Crippen LogP) is 1.89. The van der Waals surface area contributed by atoms with Gasteiger partial charge in [-0.3, -0.25) is 0 Å². The summed E-state index contributed by atoms with van der Waals surface area (Å²) < 4.78 is 30.9. The number of carbonyl (C=O) groups is 1. The van der Waals surface area contributed by atoms with E-state index in [1.165, 1.54) is 10.7 Å². The SMILES string of the molecule is O=C(NCCS(=O)(=O)N1CCCC1)Nc1cccc(-c2cnco2)c1. The summed E-state index contributed by atoms with van der Waals surface area (Å²) in [4.78, 5) is 15.8. The summed E-state index contributed by atoms with van der Waals surface area (Å²) in [5.74, 6) is 0.499. The van der Waals surface area contributed by atoms with Gasteiger partial charge in [-0.15, -0.1) is 0 Å². The molecule has 0 atom stereocenters. The van der Waals surface area contributed by atoms with Crippen molar-refractivity contribution in [2.75, 3.05) is 30.7 Å². The van der Waals surface area contributed by atoms with Gasteiger partial charge >= 0.3 is 6.03 Å². The van der Waals surface area contributed by atoms with Gasteiger partial charge in [0.15, 0.2) is 12.2 Å². The maximum atomic E-state index is 12.1. The van der Waals surface area contributed by atoms with Crippen molar-refractivity contribution in [3.63, 3.8) is 0 Å². The molecule has 1 saturated heterocycles. The van der Waals surface area contributed by atoms with E-state index >= 15 is 0 Å². The van der Waals surface area contributed by atoms with Crippen LogP contribution in [0.15, 0.2) is 41.3 Å². The lowest BCUT2D eigenvalue weighted by Crippen LogP contribution is -2.37. The molecule has 0 spiro atoms. The molecule has 1 fully saturated rings. The van der Waals surface area contributed by atoms with Gasteiger partial charge < -0.3 is 15.1 Å². The Morgan fingerprint density at radius 1 is 1.28 bits per heavy atom. The monoisotopic (exact) mass is 364 g/mol. The molecule has 3 rings (SSSR count). The summed E-state index contributed by atoms with van der Waals surface area (Å²) in [6, 6.07) is 6.66. The fraction of sp³-hybridized carbons (Fsp3) is 0.375. The van der Waals surface area contributed by atoms with Crippen molar-refractivity contribution in [1.29, 1.82) is 0 Å². The van der Waals surface area contributed by atoms with Gasteiger partial charge in [-0.2, -0.15) is 0 Å². The van der Waals surface area contributed by atoms with Crippen LogP contribution in [-0.2, 0) is 10.0 Å². The quantitative estimate of drug-likeness (QED) is 0.814. The summed E-state index contributed by atoms with van der Waals surface area (Å²) >= 11 is 0. The van der Waals surface area contributed by atoms with Crippen molar-refractivity contribution in [3.8, 4) is 11.3 Å². The molecule has 0 unspecified atom stereocenters. The van der Waals surface area contributed by atoms with Crippen molar-refractivity contribution < 1.29 is 17.6 Å². The van der Waals surface area contributed by atoms with E-state index in [4.69, 9.17) is 4.42 Å². The smallest absolute Gasteiger partial charge is 0.319 e. The Labute approximate surface area is 146 Å². The number of urea groups is 1. The molecule has 0 aliphatic carbocycles. The molecule has 1 aromatic carbocycles. The first-order chi connectivity index (χ1) is 12.0. The van der Waals surface area contributed by atoms with Gasteiger partial charge in [-0.25, -0.2) is 22.5 Å². The number of benzene rings is 1. The summed E-state index contributed by atoms with van der Waals surface area (Å²) in [5.41, 5.74) is 1.36. The topological polar surface area (TPSA) is 105 Å². The third-order valence-electron chi connectivity index (χ3n) is 3.94. The Morgan fingerprint density at radius 3 is 2.80 bits per heavy atom. The van der Waals surface area contributed by atoms with E-state index in [0.717, 1.165) is 18.4 Å². The van der Waals surface area contributed by atoms with Crippen molar-refractivity contribution in [2.24, 2.45) is 0 Å². The normalized spacial score (nSPS) is 15.2. The van der Waals surface area contributed by atoms with E-state index in [9.17, 15) is 13.2 Å². The molecular formula is C16H20N4O4S. The van der Waals surface area contributed by atoms with Crippen molar-refractivity contribution >= 4 is 21.7 Å². The van der Waals surface area contributed by atoms with E-state index in [0.29, 0.717) is 24.5 Å². The first-order valence-electron chi connectivity index (χ1n) is 8.06.